The van der Waals surface area contributed by atoms with E-state index in [1.54, 1.807) is 0 Å². The third kappa shape index (κ3) is 2.72. The lowest BCUT2D eigenvalue weighted by Crippen LogP contribution is -2.12. The largest absolute Gasteiger partial charge is 0.493 e. The predicted molar refractivity (Wildman–Crippen MR) is 62.8 cm³/mol. The molecule has 0 amide bonds. The fourth-order valence-corrected chi connectivity index (χ4v) is 1.74. The third-order valence-corrected chi connectivity index (χ3v) is 2.81. The van der Waals surface area contributed by atoms with Crippen molar-refractivity contribution in [2.45, 2.75) is 19.9 Å². The van der Waals surface area contributed by atoms with Crippen LogP contribution in [0.4, 0.5) is 0 Å². The Kier molecular flexibility index (Phi) is 4.42. The van der Waals surface area contributed by atoms with Crippen LogP contribution in [0.25, 0.3) is 0 Å². The summed E-state index contributed by atoms with van der Waals surface area (Å²) in [5.41, 5.74) is 1.25. The first-order valence-electron chi connectivity index (χ1n) is 4.78. The Labute approximate surface area is 93.8 Å². The van der Waals surface area contributed by atoms with Gasteiger partial charge in [0.05, 0.1) is 11.1 Å². The molecule has 3 heteroatoms. The van der Waals surface area contributed by atoms with Crippen molar-refractivity contribution >= 4 is 15.9 Å². The quantitative estimate of drug-likeness (QED) is 0.895. The number of ether oxygens (including phenoxy) is 1. The molecule has 0 fully saturated rings. The molecule has 0 saturated carbocycles. The SMILES string of the molecule is CCOc1ccc(C(C)NC)cc1Br. The standard InChI is InChI=1S/C11H16BrNO/c1-4-14-11-6-5-9(7-10(11)12)8(2)13-3/h5-8,13H,4H2,1-3H3. The molecule has 0 aromatic heterocycles. The van der Waals surface area contributed by atoms with Gasteiger partial charge in [0.15, 0.2) is 0 Å². The molecule has 1 rings (SSSR count). The second-order valence-corrected chi connectivity index (χ2v) is 3.99. The Hall–Kier alpha value is -0.540. The summed E-state index contributed by atoms with van der Waals surface area (Å²) < 4.78 is 6.45. The second-order valence-electron chi connectivity index (χ2n) is 3.13. The Morgan fingerprint density at radius 3 is 2.71 bits per heavy atom. The summed E-state index contributed by atoms with van der Waals surface area (Å²) in [6.07, 6.45) is 0. The highest BCUT2D eigenvalue weighted by molar-refractivity contribution is 9.10. The Morgan fingerprint density at radius 1 is 1.50 bits per heavy atom. The van der Waals surface area contributed by atoms with Gasteiger partial charge in [-0.15, -0.1) is 0 Å². The van der Waals surface area contributed by atoms with Gasteiger partial charge in [-0.25, -0.2) is 0 Å². The van der Waals surface area contributed by atoms with E-state index in [4.69, 9.17) is 4.74 Å². The van der Waals surface area contributed by atoms with E-state index in [9.17, 15) is 0 Å². The molecule has 0 aliphatic heterocycles. The minimum Gasteiger partial charge on any atom is -0.493 e. The summed E-state index contributed by atoms with van der Waals surface area (Å²) in [5.74, 6) is 0.902. The van der Waals surface area contributed by atoms with E-state index >= 15 is 0 Å². The number of rotatable bonds is 4. The van der Waals surface area contributed by atoms with Crippen LogP contribution in [0.5, 0.6) is 5.75 Å². The summed E-state index contributed by atoms with van der Waals surface area (Å²) in [4.78, 5) is 0. The molecule has 0 radical (unpaired) electrons. The minimum atomic E-state index is 0.363. The molecule has 0 spiro atoms. The molecule has 0 bridgehead atoms. The summed E-state index contributed by atoms with van der Waals surface area (Å²) in [5, 5.41) is 3.20. The fourth-order valence-electron chi connectivity index (χ4n) is 1.23. The Bertz CT molecular complexity index is 301. The highest BCUT2D eigenvalue weighted by Crippen LogP contribution is 2.28. The molecule has 78 valence electrons. The zero-order valence-corrected chi connectivity index (χ0v) is 10.4. The van der Waals surface area contributed by atoms with Gasteiger partial charge in [-0.1, -0.05) is 6.07 Å². The van der Waals surface area contributed by atoms with Crippen molar-refractivity contribution in [3.63, 3.8) is 0 Å². The number of hydrogen-bond acceptors (Lipinski definition) is 2. The molecule has 0 saturated heterocycles. The van der Waals surface area contributed by atoms with E-state index in [2.05, 4.69) is 40.3 Å². The lowest BCUT2D eigenvalue weighted by Gasteiger charge is -2.12. The van der Waals surface area contributed by atoms with Crippen molar-refractivity contribution in [2.75, 3.05) is 13.7 Å². The van der Waals surface area contributed by atoms with E-state index in [1.165, 1.54) is 5.56 Å². The van der Waals surface area contributed by atoms with Crippen LogP contribution in [0.2, 0.25) is 0 Å². The maximum absolute atomic E-state index is 5.44. The van der Waals surface area contributed by atoms with Crippen LogP contribution >= 0.6 is 15.9 Å². The van der Waals surface area contributed by atoms with Crippen molar-refractivity contribution < 1.29 is 4.74 Å². The first-order chi connectivity index (χ1) is 6.69. The molecule has 1 aromatic rings. The van der Waals surface area contributed by atoms with Gasteiger partial charge in [-0.3, -0.25) is 0 Å². The van der Waals surface area contributed by atoms with Crippen molar-refractivity contribution in [1.29, 1.82) is 0 Å². The Morgan fingerprint density at radius 2 is 2.21 bits per heavy atom. The number of nitrogens with one attached hydrogen (secondary N) is 1. The zero-order valence-electron chi connectivity index (χ0n) is 8.80. The maximum atomic E-state index is 5.44. The number of hydrogen-bond donors (Lipinski definition) is 1. The van der Waals surface area contributed by atoms with E-state index in [0.717, 1.165) is 10.2 Å². The summed E-state index contributed by atoms with van der Waals surface area (Å²) >= 11 is 3.49. The molecular weight excluding hydrogens is 242 g/mol. The molecular formula is C11H16BrNO. The zero-order chi connectivity index (χ0) is 10.6. The molecule has 1 unspecified atom stereocenters. The van der Waals surface area contributed by atoms with Crippen LogP contribution in [0.3, 0.4) is 0 Å². The van der Waals surface area contributed by atoms with Gasteiger partial charge in [0.1, 0.15) is 5.75 Å². The van der Waals surface area contributed by atoms with Crippen LogP contribution in [0.1, 0.15) is 25.5 Å². The average Bonchev–Trinajstić information content (AvgIpc) is 2.20. The maximum Gasteiger partial charge on any atom is 0.133 e. The minimum absolute atomic E-state index is 0.363. The van der Waals surface area contributed by atoms with Gasteiger partial charge in [0.2, 0.25) is 0 Å². The summed E-state index contributed by atoms with van der Waals surface area (Å²) in [6, 6.07) is 6.53. The van der Waals surface area contributed by atoms with Gasteiger partial charge in [-0.05, 0) is 54.5 Å². The highest BCUT2D eigenvalue weighted by atomic mass is 79.9. The summed E-state index contributed by atoms with van der Waals surface area (Å²) in [6.45, 7) is 4.80. The first kappa shape index (κ1) is 11.5. The van der Waals surface area contributed by atoms with E-state index in [0.29, 0.717) is 12.6 Å². The molecule has 0 heterocycles. The van der Waals surface area contributed by atoms with Crippen LogP contribution in [0.15, 0.2) is 22.7 Å². The average molecular weight is 258 g/mol. The van der Waals surface area contributed by atoms with Gasteiger partial charge in [0, 0.05) is 6.04 Å². The van der Waals surface area contributed by atoms with Crippen molar-refractivity contribution in [3.8, 4) is 5.75 Å². The first-order valence-corrected chi connectivity index (χ1v) is 5.57. The third-order valence-electron chi connectivity index (χ3n) is 2.19. The molecule has 1 N–H and O–H groups in total. The van der Waals surface area contributed by atoms with Crippen LogP contribution < -0.4 is 10.1 Å². The number of halogens is 1. The Balaban J connectivity index is 2.88. The van der Waals surface area contributed by atoms with Crippen molar-refractivity contribution in [1.82, 2.24) is 5.32 Å². The number of benzene rings is 1. The van der Waals surface area contributed by atoms with Crippen molar-refractivity contribution in [2.24, 2.45) is 0 Å². The molecule has 0 aliphatic carbocycles. The molecule has 2 nitrogen and oxygen atoms in total. The second kappa shape index (κ2) is 5.37. The normalized spacial score (nSPS) is 12.6. The molecule has 14 heavy (non-hydrogen) atoms. The van der Waals surface area contributed by atoms with Crippen LogP contribution in [-0.4, -0.2) is 13.7 Å². The van der Waals surface area contributed by atoms with Crippen molar-refractivity contribution in [3.05, 3.63) is 28.2 Å². The molecule has 1 aromatic carbocycles. The van der Waals surface area contributed by atoms with Gasteiger partial charge in [0.25, 0.3) is 0 Å². The predicted octanol–water partition coefficient (Wildman–Crippen LogP) is 3.13. The lowest BCUT2D eigenvalue weighted by molar-refractivity contribution is 0.338. The lowest BCUT2D eigenvalue weighted by atomic mass is 10.1. The van der Waals surface area contributed by atoms with Gasteiger partial charge in [-0.2, -0.15) is 0 Å². The monoisotopic (exact) mass is 257 g/mol. The molecule has 0 aliphatic rings. The fraction of sp³-hybridized carbons (Fsp3) is 0.455. The smallest absolute Gasteiger partial charge is 0.133 e. The van der Waals surface area contributed by atoms with Crippen LogP contribution in [-0.2, 0) is 0 Å². The van der Waals surface area contributed by atoms with E-state index < -0.39 is 0 Å². The van der Waals surface area contributed by atoms with Crippen LogP contribution in [0, 0.1) is 0 Å². The van der Waals surface area contributed by atoms with Gasteiger partial charge < -0.3 is 10.1 Å². The topological polar surface area (TPSA) is 21.3 Å². The van der Waals surface area contributed by atoms with Gasteiger partial charge >= 0.3 is 0 Å². The van der Waals surface area contributed by atoms with E-state index in [1.807, 2.05) is 20.0 Å². The molecule has 1 atom stereocenters. The summed E-state index contributed by atoms with van der Waals surface area (Å²) in [7, 11) is 1.95. The van der Waals surface area contributed by atoms with E-state index in [-0.39, 0.29) is 0 Å². The highest BCUT2D eigenvalue weighted by Gasteiger charge is 2.06.